The lowest BCUT2D eigenvalue weighted by Gasteiger charge is -2.10. The predicted octanol–water partition coefficient (Wildman–Crippen LogP) is 4.78. The molecule has 0 unspecified atom stereocenters. The Morgan fingerprint density at radius 1 is 1.29 bits per heavy atom. The second-order valence-corrected chi connectivity index (χ2v) is 3.60. The largest absolute Gasteiger partial charge is 0.266 e. The Hall–Kier alpha value is -1.39. The van der Waals surface area contributed by atoms with Crippen molar-refractivity contribution in [1.82, 2.24) is 0 Å². The summed E-state index contributed by atoms with van der Waals surface area (Å²) in [7, 11) is 0. The van der Waals surface area contributed by atoms with E-state index in [-0.39, 0.29) is 24.0 Å². The van der Waals surface area contributed by atoms with E-state index in [1.54, 1.807) is 0 Å². The minimum atomic E-state index is -2.90. The number of benzene rings is 1. The third-order valence-corrected chi connectivity index (χ3v) is 2.41. The molecular formula is C12H11F5. The molecule has 1 rings (SSSR count). The summed E-state index contributed by atoms with van der Waals surface area (Å²) in [4.78, 5) is 0. The van der Waals surface area contributed by atoms with Crippen LogP contribution in [-0.2, 0) is 6.42 Å². The monoisotopic (exact) mass is 250 g/mol. The van der Waals surface area contributed by atoms with Crippen LogP contribution >= 0.6 is 0 Å². The minimum absolute atomic E-state index is 0.0246. The summed E-state index contributed by atoms with van der Waals surface area (Å²) in [5.41, 5.74) is -0.455. The van der Waals surface area contributed by atoms with Crippen LogP contribution in [0.1, 0.15) is 29.5 Å². The van der Waals surface area contributed by atoms with Crippen LogP contribution in [0.4, 0.5) is 22.0 Å². The Morgan fingerprint density at radius 2 is 1.94 bits per heavy atom. The maximum atomic E-state index is 13.6. The fourth-order valence-corrected chi connectivity index (χ4v) is 1.53. The molecule has 0 spiro atoms. The summed E-state index contributed by atoms with van der Waals surface area (Å²) in [6.45, 7) is 1.38. The molecule has 0 heterocycles. The van der Waals surface area contributed by atoms with Crippen LogP contribution in [0.25, 0.3) is 0 Å². The standard InChI is InChI=1S/C12H11F5/c1-7-5-6-8(3-2-4-9(13)14)11(15)10(7)12(16)17/h4-6,12H,2-3H2,1H3. The average molecular weight is 250 g/mol. The zero-order valence-electron chi connectivity index (χ0n) is 9.11. The molecule has 94 valence electrons. The minimum Gasteiger partial charge on any atom is -0.206 e. The summed E-state index contributed by atoms with van der Waals surface area (Å²) >= 11 is 0. The normalized spacial score (nSPS) is 10.8. The maximum absolute atomic E-state index is 13.6. The third-order valence-electron chi connectivity index (χ3n) is 2.41. The topological polar surface area (TPSA) is 0 Å². The summed E-state index contributed by atoms with van der Waals surface area (Å²) in [5, 5.41) is 0. The number of aryl methyl sites for hydroxylation is 2. The molecule has 0 aliphatic carbocycles. The van der Waals surface area contributed by atoms with Crippen molar-refractivity contribution in [3.05, 3.63) is 46.8 Å². The van der Waals surface area contributed by atoms with E-state index < -0.39 is 23.9 Å². The van der Waals surface area contributed by atoms with Crippen molar-refractivity contribution in [2.45, 2.75) is 26.2 Å². The van der Waals surface area contributed by atoms with Crippen molar-refractivity contribution in [3.8, 4) is 0 Å². The van der Waals surface area contributed by atoms with Crippen molar-refractivity contribution in [3.63, 3.8) is 0 Å². The first-order chi connectivity index (χ1) is 7.93. The van der Waals surface area contributed by atoms with Gasteiger partial charge in [0, 0.05) is 0 Å². The molecule has 0 saturated heterocycles. The summed E-state index contributed by atoms with van der Waals surface area (Å²) in [6.07, 6.45) is -4.22. The first-order valence-electron chi connectivity index (χ1n) is 5.00. The van der Waals surface area contributed by atoms with Crippen molar-refractivity contribution < 1.29 is 22.0 Å². The molecule has 0 amide bonds. The molecule has 0 bridgehead atoms. The van der Waals surface area contributed by atoms with Crippen molar-refractivity contribution in [2.24, 2.45) is 0 Å². The third kappa shape index (κ3) is 3.54. The Balaban J connectivity index is 2.95. The highest BCUT2D eigenvalue weighted by Crippen LogP contribution is 2.28. The lowest BCUT2D eigenvalue weighted by atomic mass is 10.0. The number of alkyl halides is 2. The Bertz CT molecular complexity index is 419. The van der Waals surface area contributed by atoms with Crippen LogP contribution in [0.5, 0.6) is 0 Å². The van der Waals surface area contributed by atoms with Gasteiger partial charge in [0.1, 0.15) is 5.82 Å². The molecule has 0 nitrogen and oxygen atoms in total. The number of hydrogen-bond acceptors (Lipinski definition) is 0. The quantitative estimate of drug-likeness (QED) is 0.674. The van der Waals surface area contributed by atoms with Gasteiger partial charge in [-0.25, -0.2) is 13.2 Å². The lowest BCUT2D eigenvalue weighted by molar-refractivity contribution is 0.145. The maximum Gasteiger partial charge on any atom is 0.266 e. The highest BCUT2D eigenvalue weighted by Gasteiger charge is 2.18. The SMILES string of the molecule is Cc1ccc(CCC=C(F)F)c(F)c1C(F)F. The smallest absolute Gasteiger partial charge is 0.206 e. The summed E-state index contributed by atoms with van der Waals surface area (Å²) < 4.78 is 62.2. The van der Waals surface area contributed by atoms with Gasteiger partial charge in [-0.2, -0.15) is 8.78 Å². The van der Waals surface area contributed by atoms with Gasteiger partial charge in [0.2, 0.25) is 0 Å². The van der Waals surface area contributed by atoms with Gasteiger partial charge in [-0.15, -0.1) is 0 Å². The summed E-state index contributed by atoms with van der Waals surface area (Å²) in [5.74, 6) is -0.993. The van der Waals surface area contributed by atoms with E-state index in [0.29, 0.717) is 6.08 Å². The number of rotatable bonds is 4. The zero-order chi connectivity index (χ0) is 13.0. The van der Waals surface area contributed by atoms with E-state index in [2.05, 4.69) is 0 Å². The molecule has 0 N–H and O–H groups in total. The van der Waals surface area contributed by atoms with Crippen LogP contribution in [-0.4, -0.2) is 0 Å². The highest BCUT2D eigenvalue weighted by atomic mass is 19.3. The molecule has 5 heteroatoms. The second kappa shape index (κ2) is 5.80. The van der Waals surface area contributed by atoms with E-state index in [4.69, 9.17) is 0 Å². The lowest BCUT2D eigenvalue weighted by Crippen LogP contribution is -2.00. The Kier molecular flexibility index (Phi) is 4.66. The van der Waals surface area contributed by atoms with Crippen LogP contribution in [0.15, 0.2) is 24.3 Å². The molecule has 0 radical (unpaired) electrons. The first kappa shape index (κ1) is 13.7. The van der Waals surface area contributed by atoms with Gasteiger partial charge in [-0.3, -0.25) is 0 Å². The fraction of sp³-hybridized carbons (Fsp3) is 0.333. The molecule has 0 fully saturated rings. The van der Waals surface area contributed by atoms with Gasteiger partial charge in [0.15, 0.2) is 0 Å². The predicted molar refractivity (Wildman–Crippen MR) is 54.7 cm³/mol. The summed E-state index contributed by atoms with van der Waals surface area (Å²) in [6, 6.07) is 2.72. The van der Waals surface area contributed by atoms with Gasteiger partial charge in [0.05, 0.1) is 5.56 Å². The molecular weight excluding hydrogens is 239 g/mol. The van der Waals surface area contributed by atoms with Crippen LogP contribution < -0.4 is 0 Å². The van der Waals surface area contributed by atoms with Gasteiger partial charge in [0.25, 0.3) is 12.5 Å². The van der Waals surface area contributed by atoms with E-state index in [9.17, 15) is 22.0 Å². The Labute approximate surface area is 95.8 Å². The molecule has 0 saturated carbocycles. The van der Waals surface area contributed by atoms with Gasteiger partial charge in [-0.1, -0.05) is 12.1 Å². The molecule has 0 atom stereocenters. The van der Waals surface area contributed by atoms with Gasteiger partial charge in [-0.05, 0) is 37.0 Å². The fourth-order valence-electron chi connectivity index (χ4n) is 1.53. The second-order valence-electron chi connectivity index (χ2n) is 3.60. The van der Waals surface area contributed by atoms with Crippen molar-refractivity contribution >= 4 is 0 Å². The van der Waals surface area contributed by atoms with E-state index in [1.807, 2.05) is 0 Å². The van der Waals surface area contributed by atoms with Crippen LogP contribution in [0.2, 0.25) is 0 Å². The van der Waals surface area contributed by atoms with Gasteiger partial charge >= 0.3 is 0 Å². The van der Waals surface area contributed by atoms with Crippen LogP contribution in [0, 0.1) is 12.7 Å². The molecule has 0 aliphatic heterocycles. The average Bonchev–Trinajstić information content (AvgIpc) is 2.20. The molecule has 1 aromatic carbocycles. The zero-order valence-corrected chi connectivity index (χ0v) is 9.11. The van der Waals surface area contributed by atoms with Crippen LogP contribution in [0.3, 0.4) is 0 Å². The Morgan fingerprint density at radius 3 is 2.47 bits per heavy atom. The van der Waals surface area contributed by atoms with E-state index >= 15 is 0 Å². The van der Waals surface area contributed by atoms with E-state index in [1.165, 1.54) is 19.1 Å². The van der Waals surface area contributed by atoms with Crippen molar-refractivity contribution in [2.75, 3.05) is 0 Å². The highest BCUT2D eigenvalue weighted by molar-refractivity contribution is 5.34. The van der Waals surface area contributed by atoms with Gasteiger partial charge < -0.3 is 0 Å². The molecule has 17 heavy (non-hydrogen) atoms. The van der Waals surface area contributed by atoms with E-state index in [0.717, 1.165) is 0 Å². The number of hydrogen-bond donors (Lipinski definition) is 0. The molecule has 0 aliphatic rings. The number of halogens is 5. The molecule has 0 aromatic heterocycles. The number of allylic oxidation sites excluding steroid dienone is 1. The first-order valence-corrected chi connectivity index (χ1v) is 5.00. The van der Waals surface area contributed by atoms with Crippen molar-refractivity contribution in [1.29, 1.82) is 0 Å². The molecule has 1 aromatic rings.